The van der Waals surface area contributed by atoms with Gasteiger partial charge in [0, 0.05) is 37.1 Å². The number of piperazine rings is 1. The van der Waals surface area contributed by atoms with Gasteiger partial charge < -0.3 is 19.5 Å². The molecule has 1 N–H and O–H groups in total. The van der Waals surface area contributed by atoms with Gasteiger partial charge in [0.05, 0.1) is 24.6 Å². The second-order valence-corrected chi connectivity index (χ2v) is 7.37. The first-order valence-electron chi connectivity index (χ1n) is 9.81. The Hall–Kier alpha value is -2.86. The maximum atomic E-state index is 12.5. The fraction of sp³-hybridized carbons (Fsp3) is 0.364. The standard InChI is InChI=1S/C22H26N4O2/c1-3-16-4-6-19-17(15-28-20(19)12-16)13-22(27)24-18-5-7-21(23-14-18)26-10-8-25(2)9-11-26/h4-7,12,14-15H,3,8-11,13H2,1-2H3,(H,24,27). The molecule has 1 amide bonds. The summed E-state index contributed by atoms with van der Waals surface area (Å²) in [6.45, 7) is 6.14. The Morgan fingerprint density at radius 1 is 1.18 bits per heavy atom. The Balaban J connectivity index is 1.38. The molecule has 6 nitrogen and oxygen atoms in total. The van der Waals surface area contributed by atoms with Crippen molar-refractivity contribution in [3.63, 3.8) is 0 Å². The highest BCUT2D eigenvalue weighted by atomic mass is 16.3. The Morgan fingerprint density at radius 3 is 2.71 bits per heavy atom. The summed E-state index contributed by atoms with van der Waals surface area (Å²) >= 11 is 0. The molecule has 3 heterocycles. The number of pyridine rings is 1. The first kappa shape index (κ1) is 18.5. The number of furan rings is 1. The summed E-state index contributed by atoms with van der Waals surface area (Å²) < 4.78 is 5.63. The number of amides is 1. The van der Waals surface area contributed by atoms with Crippen LogP contribution in [0.2, 0.25) is 0 Å². The zero-order valence-electron chi connectivity index (χ0n) is 16.4. The fourth-order valence-electron chi connectivity index (χ4n) is 3.55. The second-order valence-electron chi connectivity index (χ2n) is 7.37. The Bertz CT molecular complexity index is 956. The van der Waals surface area contributed by atoms with Crippen LogP contribution in [0.15, 0.2) is 47.2 Å². The number of nitrogens with one attached hydrogen (secondary N) is 1. The van der Waals surface area contributed by atoms with Gasteiger partial charge >= 0.3 is 0 Å². The molecule has 28 heavy (non-hydrogen) atoms. The molecule has 0 saturated carbocycles. The van der Waals surface area contributed by atoms with Crippen LogP contribution in [0.3, 0.4) is 0 Å². The molecule has 0 aliphatic carbocycles. The van der Waals surface area contributed by atoms with E-state index in [2.05, 4.69) is 40.1 Å². The summed E-state index contributed by atoms with van der Waals surface area (Å²) in [7, 11) is 2.13. The van der Waals surface area contributed by atoms with E-state index in [1.807, 2.05) is 24.3 Å². The van der Waals surface area contributed by atoms with Crippen LogP contribution in [-0.4, -0.2) is 49.0 Å². The van der Waals surface area contributed by atoms with Gasteiger partial charge in [-0.3, -0.25) is 4.79 Å². The van der Waals surface area contributed by atoms with Crippen LogP contribution < -0.4 is 10.2 Å². The van der Waals surface area contributed by atoms with Crippen molar-refractivity contribution in [2.24, 2.45) is 0 Å². The van der Waals surface area contributed by atoms with Gasteiger partial charge in [-0.25, -0.2) is 4.98 Å². The van der Waals surface area contributed by atoms with Gasteiger partial charge in [0.25, 0.3) is 0 Å². The second kappa shape index (κ2) is 8.02. The van der Waals surface area contributed by atoms with Gasteiger partial charge in [0.1, 0.15) is 11.4 Å². The van der Waals surface area contributed by atoms with E-state index in [1.54, 1.807) is 12.5 Å². The molecule has 1 aliphatic heterocycles. The average Bonchev–Trinajstić information content (AvgIpc) is 3.11. The normalized spacial score (nSPS) is 15.1. The van der Waals surface area contributed by atoms with Gasteiger partial charge in [-0.05, 0) is 37.2 Å². The minimum atomic E-state index is -0.0728. The lowest BCUT2D eigenvalue weighted by Gasteiger charge is -2.33. The molecule has 1 aliphatic rings. The molecule has 3 aromatic rings. The lowest BCUT2D eigenvalue weighted by molar-refractivity contribution is -0.115. The van der Waals surface area contributed by atoms with Crippen LogP contribution in [0.25, 0.3) is 11.0 Å². The molecule has 1 saturated heterocycles. The van der Waals surface area contributed by atoms with Crippen LogP contribution in [-0.2, 0) is 17.6 Å². The molecule has 0 spiro atoms. The largest absolute Gasteiger partial charge is 0.464 e. The first-order valence-corrected chi connectivity index (χ1v) is 9.81. The van der Waals surface area contributed by atoms with E-state index < -0.39 is 0 Å². The predicted molar refractivity (Wildman–Crippen MR) is 112 cm³/mol. The number of carbonyl (C=O) groups excluding carboxylic acids is 1. The number of fused-ring (bicyclic) bond motifs is 1. The maximum Gasteiger partial charge on any atom is 0.228 e. The lowest BCUT2D eigenvalue weighted by atomic mass is 10.1. The van der Waals surface area contributed by atoms with E-state index in [4.69, 9.17) is 4.42 Å². The first-order chi connectivity index (χ1) is 13.6. The summed E-state index contributed by atoms with van der Waals surface area (Å²) in [5.41, 5.74) is 3.67. The zero-order chi connectivity index (χ0) is 19.5. The summed E-state index contributed by atoms with van der Waals surface area (Å²) in [5.74, 6) is 0.884. The summed E-state index contributed by atoms with van der Waals surface area (Å²) in [5, 5.41) is 3.93. The number of anilines is 2. The van der Waals surface area contributed by atoms with Gasteiger partial charge in [-0.1, -0.05) is 19.1 Å². The minimum absolute atomic E-state index is 0.0728. The van der Waals surface area contributed by atoms with E-state index in [1.165, 1.54) is 5.56 Å². The highest BCUT2D eigenvalue weighted by molar-refractivity contribution is 5.95. The number of nitrogens with zero attached hydrogens (tertiary/aromatic N) is 3. The highest BCUT2D eigenvalue weighted by Gasteiger charge is 2.15. The van der Waals surface area contributed by atoms with Crippen LogP contribution in [0, 0.1) is 0 Å². The monoisotopic (exact) mass is 378 g/mol. The Kier molecular flexibility index (Phi) is 5.30. The molecular weight excluding hydrogens is 352 g/mol. The van der Waals surface area contributed by atoms with Crippen LogP contribution in [0.1, 0.15) is 18.1 Å². The van der Waals surface area contributed by atoms with Gasteiger partial charge in [-0.15, -0.1) is 0 Å². The van der Waals surface area contributed by atoms with E-state index in [0.717, 1.165) is 55.0 Å². The summed E-state index contributed by atoms with van der Waals surface area (Å²) in [6.07, 6.45) is 4.65. The van der Waals surface area contributed by atoms with Crippen LogP contribution in [0.5, 0.6) is 0 Å². The topological polar surface area (TPSA) is 61.6 Å². The molecule has 6 heteroatoms. The van der Waals surface area contributed by atoms with Crippen molar-refractivity contribution in [2.75, 3.05) is 43.4 Å². The molecule has 146 valence electrons. The number of likely N-dealkylation sites (N-methyl/N-ethyl adjacent to an activating group) is 1. The Morgan fingerprint density at radius 2 is 2.00 bits per heavy atom. The fourth-order valence-corrected chi connectivity index (χ4v) is 3.55. The van der Waals surface area contributed by atoms with E-state index in [0.29, 0.717) is 5.69 Å². The molecule has 1 fully saturated rings. The number of carbonyl (C=O) groups is 1. The molecule has 0 bridgehead atoms. The van der Waals surface area contributed by atoms with Crippen molar-refractivity contribution >= 4 is 28.4 Å². The van der Waals surface area contributed by atoms with E-state index in [-0.39, 0.29) is 12.3 Å². The van der Waals surface area contributed by atoms with Gasteiger partial charge in [-0.2, -0.15) is 0 Å². The molecule has 0 radical (unpaired) electrons. The number of aryl methyl sites for hydroxylation is 1. The summed E-state index contributed by atoms with van der Waals surface area (Å²) in [4.78, 5) is 21.6. The number of aromatic nitrogens is 1. The average molecular weight is 378 g/mol. The summed E-state index contributed by atoms with van der Waals surface area (Å²) in [6, 6.07) is 10.0. The zero-order valence-corrected chi connectivity index (χ0v) is 16.4. The van der Waals surface area contributed by atoms with Crippen molar-refractivity contribution < 1.29 is 9.21 Å². The molecular formula is C22H26N4O2. The number of hydrogen-bond donors (Lipinski definition) is 1. The third-order valence-electron chi connectivity index (χ3n) is 5.34. The van der Waals surface area contributed by atoms with Crippen molar-refractivity contribution in [3.8, 4) is 0 Å². The third-order valence-corrected chi connectivity index (χ3v) is 5.34. The maximum absolute atomic E-state index is 12.5. The molecule has 0 atom stereocenters. The van der Waals surface area contributed by atoms with Crippen LogP contribution >= 0.6 is 0 Å². The van der Waals surface area contributed by atoms with Gasteiger partial charge in [0.15, 0.2) is 0 Å². The van der Waals surface area contributed by atoms with Crippen molar-refractivity contribution in [1.82, 2.24) is 9.88 Å². The van der Waals surface area contributed by atoms with Crippen molar-refractivity contribution in [1.29, 1.82) is 0 Å². The van der Waals surface area contributed by atoms with Gasteiger partial charge in [0.2, 0.25) is 5.91 Å². The number of hydrogen-bond acceptors (Lipinski definition) is 5. The molecule has 4 rings (SSSR count). The predicted octanol–water partition coefficient (Wildman–Crippen LogP) is 3.32. The number of benzene rings is 1. The van der Waals surface area contributed by atoms with E-state index >= 15 is 0 Å². The van der Waals surface area contributed by atoms with Crippen molar-refractivity contribution in [3.05, 3.63) is 53.9 Å². The lowest BCUT2D eigenvalue weighted by Crippen LogP contribution is -2.44. The van der Waals surface area contributed by atoms with Crippen molar-refractivity contribution in [2.45, 2.75) is 19.8 Å². The third kappa shape index (κ3) is 4.02. The number of rotatable bonds is 5. The molecule has 0 unspecified atom stereocenters. The molecule has 1 aromatic carbocycles. The smallest absolute Gasteiger partial charge is 0.228 e. The quantitative estimate of drug-likeness (QED) is 0.738. The minimum Gasteiger partial charge on any atom is -0.464 e. The van der Waals surface area contributed by atoms with E-state index in [9.17, 15) is 4.79 Å². The SMILES string of the molecule is CCc1ccc2c(CC(=O)Nc3ccc(N4CCN(C)CC4)nc3)coc2c1. The molecule has 2 aromatic heterocycles. The highest BCUT2D eigenvalue weighted by Crippen LogP contribution is 2.24. The van der Waals surface area contributed by atoms with Crippen LogP contribution in [0.4, 0.5) is 11.5 Å². The Labute approximate surface area is 165 Å².